The zero-order valence-electron chi connectivity index (χ0n) is 12.2. The largest absolute Gasteiger partial charge is 0.357 e. The van der Waals surface area contributed by atoms with E-state index in [4.69, 9.17) is 11.6 Å². The molecule has 22 heavy (non-hydrogen) atoms. The Balaban J connectivity index is 1.91. The molecule has 4 heteroatoms. The van der Waals surface area contributed by atoms with Gasteiger partial charge in [0.25, 0.3) is 0 Å². The van der Waals surface area contributed by atoms with Gasteiger partial charge in [0.1, 0.15) is 0 Å². The van der Waals surface area contributed by atoms with E-state index in [2.05, 4.69) is 63.2 Å². The first kappa shape index (κ1) is 14.3. The van der Waals surface area contributed by atoms with Crippen molar-refractivity contribution in [3.05, 3.63) is 68.8 Å². The van der Waals surface area contributed by atoms with Crippen molar-refractivity contribution in [3.8, 4) is 0 Å². The zero-order chi connectivity index (χ0) is 15.3. The molecule has 112 valence electrons. The molecule has 2 nitrogen and oxygen atoms in total. The van der Waals surface area contributed by atoms with Gasteiger partial charge in [-0.25, -0.2) is 0 Å². The van der Waals surface area contributed by atoms with Gasteiger partial charge in [0, 0.05) is 32.6 Å². The molecule has 1 unspecified atom stereocenters. The van der Waals surface area contributed by atoms with Crippen LogP contribution in [0.15, 0.2) is 46.9 Å². The Morgan fingerprint density at radius 1 is 1.18 bits per heavy atom. The van der Waals surface area contributed by atoms with E-state index in [1.807, 2.05) is 12.1 Å². The highest BCUT2D eigenvalue weighted by Gasteiger charge is 2.29. The molecule has 4 rings (SSSR count). The highest BCUT2D eigenvalue weighted by molar-refractivity contribution is 9.10. The number of aromatic nitrogens is 1. The number of hydrogen-bond acceptors (Lipinski definition) is 1. The van der Waals surface area contributed by atoms with E-state index in [0.717, 1.165) is 22.5 Å². The molecule has 2 heterocycles. The van der Waals surface area contributed by atoms with Crippen molar-refractivity contribution in [1.82, 2.24) is 9.88 Å². The van der Waals surface area contributed by atoms with Crippen molar-refractivity contribution >= 4 is 38.4 Å². The fourth-order valence-corrected chi connectivity index (χ4v) is 3.93. The van der Waals surface area contributed by atoms with Crippen LogP contribution in [0.2, 0.25) is 5.02 Å². The predicted octanol–water partition coefficient (Wildman–Crippen LogP) is 5.16. The monoisotopic (exact) mass is 374 g/mol. The molecule has 1 N–H and O–H groups in total. The van der Waals surface area contributed by atoms with Gasteiger partial charge in [-0.05, 0) is 54.9 Å². The lowest BCUT2D eigenvalue weighted by molar-refractivity contribution is 0.261. The van der Waals surface area contributed by atoms with Crippen molar-refractivity contribution in [2.45, 2.75) is 12.5 Å². The van der Waals surface area contributed by atoms with Crippen LogP contribution in [0.3, 0.4) is 0 Å². The molecule has 0 radical (unpaired) electrons. The average molecular weight is 376 g/mol. The Bertz CT molecular complexity index is 838. The third kappa shape index (κ3) is 2.28. The van der Waals surface area contributed by atoms with Gasteiger partial charge in [-0.2, -0.15) is 0 Å². The third-order valence-electron chi connectivity index (χ3n) is 4.52. The molecular weight excluding hydrogens is 360 g/mol. The summed E-state index contributed by atoms with van der Waals surface area (Å²) in [7, 11) is 2.18. The summed E-state index contributed by atoms with van der Waals surface area (Å²) >= 11 is 9.63. The number of likely N-dealkylation sites (N-methyl/N-ethyl adjacent to an activating group) is 1. The van der Waals surface area contributed by atoms with Gasteiger partial charge in [-0.3, -0.25) is 4.90 Å². The normalized spacial score (nSPS) is 18.6. The summed E-state index contributed by atoms with van der Waals surface area (Å²) in [5.41, 5.74) is 5.24. The molecule has 0 bridgehead atoms. The van der Waals surface area contributed by atoms with Crippen molar-refractivity contribution in [3.63, 3.8) is 0 Å². The van der Waals surface area contributed by atoms with Crippen molar-refractivity contribution in [2.24, 2.45) is 0 Å². The first-order valence-electron chi connectivity index (χ1n) is 7.39. The Labute approximate surface area is 143 Å². The third-order valence-corrected chi connectivity index (χ3v) is 5.26. The van der Waals surface area contributed by atoms with E-state index in [1.54, 1.807) is 0 Å². The summed E-state index contributed by atoms with van der Waals surface area (Å²) in [5.74, 6) is 0. The van der Waals surface area contributed by atoms with E-state index in [9.17, 15) is 0 Å². The second kappa shape index (κ2) is 5.41. The molecule has 2 aromatic carbocycles. The second-order valence-electron chi connectivity index (χ2n) is 5.89. The molecule has 0 saturated carbocycles. The van der Waals surface area contributed by atoms with E-state index in [-0.39, 0.29) is 6.04 Å². The van der Waals surface area contributed by atoms with Gasteiger partial charge < -0.3 is 4.98 Å². The number of fused-ring (bicyclic) bond motifs is 3. The highest BCUT2D eigenvalue weighted by Crippen LogP contribution is 2.38. The summed E-state index contributed by atoms with van der Waals surface area (Å²) < 4.78 is 1.13. The quantitative estimate of drug-likeness (QED) is 0.622. The maximum absolute atomic E-state index is 6.04. The summed E-state index contributed by atoms with van der Waals surface area (Å²) in [4.78, 5) is 6.04. The summed E-state index contributed by atoms with van der Waals surface area (Å²) in [6.07, 6.45) is 1.08. The number of benzene rings is 2. The van der Waals surface area contributed by atoms with Gasteiger partial charge in [-0.15, -0.1) is 0 Å². The van der Waals surface area contributed by atoms with Crippen molar-refractivity contribution < 1.29 is 0 Å². The lowest BCUT2D eigenvalue weighted by atomic mass is 9.93. The summed E-state index contributed by atoms with van der Waals surface area (Å²) in [5, 5.41) is 2.11. The van der Waals surface area contributed by atoms with Gasteiger partial charge in [0.2, 0.25) is 0 Å². The number of nitrogens with one attached hydrogen (secondary N) is 1. The minimum Gasteiger partial charge on any atom is -0.357 e. The van der Waals surface area contributed by atoms with Crippen LogP contribution in [0.4, 0.5) is 0 Å². The molecule has 1 aliphatic heterocycles. The average Bonchev–Trinajstić information content (AvgIpc) is 2.86. The van der Waals surface area contributed by atoms with Crippen LogP contribution >= 0.6 is 27.5 Å². The van der Waals surface area contributed by atoms with E-state index < -0.39 is 0 Å². The topological polar surface area (TPSA) is 19.0 Å². The Kier molecular flexibility index (Phi) is 3.52. The SMILES string of the molecule is CN1CCc2c([nH]c3ccc(Br)cc23)C1c1ccc(Cl)cc1. The molecular formula is C18H16BrClN2. The first-order chi connectivity index (χ1) is 10.6. The number of nitrogens with zero attached hydrogens (tertiary/aromatic N) is 1. The van der Waals surface area contributed by atoms with Crippen LogP contribution in [-0.4, -0.2) is 23.5 Å². The van der Waals surface area contributed by atoms with Crippen molar-refractivity contribution in [2.75, 3.05) is 13.6 Å². The van der Waals surface area contributed by atoms with Gasteiger partial charge in [0.05, 0.1) is 6.04 Å². The Morgan fingerprint density at radius 2 is 1.95 bits per heavy atom. The smallest absolute Gasteiger partial charge is 0.0754 e. The number of halogens is 2. The van der Waals surface area contributed by atoms with Gasteiger partial charge in [0.15, 0.2) is 0 Å². The molecule has 1 aliphatic rings. The molecule has 0 aliphatic carbocycles. The summed E-state index contributed by atoms with van der Waals surface area (Å²) in [6.45, 7) is 1.06. The van der Waals surface area contributed by atoms with E-state index in [1.165, 1.54) is 27.7 Å². The fourth-order valence-electron chi connectivity index (χ4n) is 3.45. The van der Waals surface area contributed by atoms with Gasteiger partial charge in [-0.1, -0.05) is 39.7 Å². The first-order valence-corrected chi connectivity index (χ1v) is 8.56. The highest BCUT2D eigenvalue weighted by atomic mass is 79.9. The number of rotatable bonds is 1. The molecule has 0 saturated heterocycles. The zero-order valence-corrected chi connectivity index (χ0v) is 14.6. The summed E-state index contributed by atoms with van der Waals surface area (Å²) in [6, 6.07) is 14.9. The number of aromatic amines is 1. The van der Waals surface area contributed by atoms with Gasteiger partial charge >= 0.3 is 0 Å². The molecule has 0 fully saturated rings. The van der Waals surface area contributed by atoms with Crippen molar-refractivity contribution in [1.29, 1.82) is 0 Å². The number of hydrogen-bond donors (Lipinski definition) is 1. The van der Waals surface area contributed by atoms with Crippen LogP contribution in [-0.2, 0) is 6.42 Å². The number of H-pyrrole nitrogens is 1. The van der Waals surface area contributed by atoms with E-state index in [0.29, 0.717) is 0 Å². The maximum atomic E-state index is 6.04. The minimum absolute atomic E-state index is 0.257. The second-order valence-corrected chi connectivity index (χ2v) is 7.24. The Hall–Kier alpha value is -1.29. The molecule has 0 amide bonds. The Morgan fingerprint density at radius 3 is 2.73 bits per heavy atom. The van der Waals surface area contributed by atoms with Crippen LogP contribution in [0, 0.1) is 0 Å². The molecule has 3 aromatic rings. The molecule has 1 aromatic heterocycles. The molecule has 1 atom stereocenters. The maximum Gasteiger partial charge on any atom is 0.0754 e. The van der Waals surface area contributed by atoms with Crippen LogP contribution in [0.1, 0.15) is 22.9 Å². The lowest BCUT2D eigenvalue weighted by Crippen LogP contribution is -2.32. The predicted molar refractivity (Wildman–Crippen MR) is 95.6 cm³/mol. The van der Waals surface area contributed by atoms with Crippen LogP contribution < -0.4 is 0 Å². The molecule has 0 spiro atoms. The van der Waals surface area contributed by atoms with E-state index >= 15 is 0 Å². The fraction of sp³-hybridized carbons (Fsp3) is 0.222. The van der Waals surface area contributed by atoms with Crippen LogP contribution in [0.5, 0.6) is 0 Å². The van der Waals surface area contributed by atoms with Crippen LogP contribution in [0.25, 0.3) is 10.9 Å². The minimum atomic E-state index is 0.257. The lowest BCUT2D eigenvalue weighted by Gasteiger charge is -2.33. The standard InChI is InChI=1S/C18H16BrClN2/c1-22-9-8-14-15-10-12(19)4-7-16(15)21-17(14)18(22)11-2-5-13(20)6-3-11/h2-7,10,18,21H,8-9H2,1H3.